The third-order valence-electron chi connectivity index (χ3n) is 6.45. The number of amides is 2. The number of hydrogen-bond acceptors (Lipinski definition) is 7. The lowest BCUT2D eigenvalue weighted by Crippen LogP contribution is -2.52. The molecule has 1 aliphatic rings. The molecule has 3 aromatic rings. The molecule has 0 saturated carbocycles. The topological polar surface area (TPSA) is 117 Å². The number of aromatic nitrogens is 2. The van der Waals surface area contributed by atoms with Gasteiger partial charge in [-0.05, 0) is 36.6 Å². The smallest absolute Gasteiger partial charge is 0.317 e. The van der Waals surface area contributed by atoms with Crippen molar-refractivity contribution >= 4 is 39.0 Å². The molecule has 0 aliphatic carbocycles. The third kappa shape index (κ3) is 6.09. The molecule has 0 unspecified atom stereocenters. The molecule has 1 saturated heterocycles. The van der Waals surface area contributed by atoms with E-state index < -0.39 is 22.1 Å². The molecule has 3 N–H and O–H groups in total. The van der Waals surface area contributed by atoms with Crippen LogP contribution in [0, 0.1) is 11.8 Å². The van der Waals surface area contributed by atoms with Crippen molar-refractivity contribution < 1.29 is 22.3 Å². The molecule has 1 aliphatic heterocycles. The first kappa shape index (κ1) is 27.8. The van der Waals surface area contributed by atoms with E-state index >= 15 is 0 Å². The molecule has 0 bridgehead atoms. The van der Waals surface area contributed by atoms with Crippen molar-refractivity contribution in [3.8, 4) is 17.6 Å². The van der Waals surface area contributed by atoms with Crippen LogP contribution in [0.15, 0.2) is 47.9 Å². The summed E-state index contributed by atoms with van der Waals surface area (Å²) in [5, 5.41) is 13.6. The number of benzene rings is 1. The predicted molar refractivity (Wildman–Crippen MR) is 150 cm³/mol. The van der Waals surface area contributed by atoms with Crippen molar-refractivity contribution in [3.63, 3.8) is 0 Å². The number of carbonyl (C=O) groups is 1. The summed E-state index contributed by atoms with van der Waals surface area (Å²) >= 11 is 0. The van der Waals surface area contributed by atoms with E-state index in [1.165, 1.54) is 31.2 Å². The van der Waals surface area contributed by atoms with Gasteiger partial charge in [0.2, 0.25) is 0 Å². The van der Waals surface area contributed by atoms with E-state index in [2.05, 4.69) is 39.5 Å². The van der Waals surface area contributed by atoms with Gasteiger partial charge in [-0.1, -0.05) is 24.6 Å². The van der Waals surface area contributed by atoms with Crippen molar-refractivity contribution in [1.29, 1.82) is 0 Å². The molecule has 10 nitrogen and oxygen atoms in total. The molecule has 2 aromatic heterocycles. The number of carbonyl (C=O) groups excluding carboxylic acids is 1. The number of anilines is 2. The Kier molecular flexibility index (Phi) is 8.30. The van der Waals surface area contributed by atoms with Crippen molar-refractivity contribution in [1.82, 2.24) is 19.8 Å². The number of ether oxygens (including phenoxy) is 1. The number of piperidine rings is 1. The van der Waals surface area contributed by atoms with Gasteiger partial charge < -0.3 is 25.6 Å². The number of sulfone groups is 1. The summed E-state index contributed by atoms with van der Waals surface area (Å²) in [7, 11) is -0.363. The molecular formula is C27H31FN6O4S. The van der Waals surface area contributed by atoms with Crippen LogP contribution >= 0.6 is 0 Å². The first-order valence-electron chi connectivity index (χ1n) is 12.3. The van der Waals surface area contributed by atoms with Crippen LogP contribution in [0.4, 0.5) is 20.7 Å². The number of fused-ring (bicyclic) bond motifs is 1. The minimum atomic E-state index is -3.36. The van der Waals surface area contributed by atoms with Gasteiger partial charge in [-0.25, -0.2) is 22.1 Å². The normalized spacial score (nSPS) is 17.2. The van der Waals surface area contributed by atoms with Gasteiger partial charge in [-0.3, -0.25) is 0 Å². The Bertz CT molecular complexity index is 1560. The fraction of sp³-hybridized carbons (Fsp3) is 0.333. The number of alkyl halides is 1. The van der Waals surface area contributed by atoms with E-state index in [1.807, 2.05) is 18.2 Å². The van der Waals surface area contributed by atoms with Crippen molar-refractivity contribution in [2.45, 2.75) is 23.5 Å². The van der Waals surface area contributed by atoms with Crippen molar-refractivity contribution in [2.24, 2.45) is 0 Å². The molecule has 2 amide bonds. The second-order valence-corrected chi connectivity index (χ2v) is 11.0. The van der Waals surface area contributed by atoms with Crippen LogP contribution in [-0.4, -0.2) is 81.2 Å². The second-order valence-electron chi connectivity index (χ2n) is 9.02. The number of methoxy groups -OCH3 is 1. The maximum absolute atomic E-state index is 14.9. The van der Waals surface area contributed by atoms with Gasteiger partial charge in [0, 0.05) is 31.5 Å². The van der Waals surface area contributed by atoms with Crippen LogP contribution in [-0.2, 0) is 9.84 Å². The molecule has 1 fully saturated rings. The van der Waals surface area contributed by atoms with Crippen molar-refractivity contribution in [3.05, 3.63) is 54.2 Å². The number of hydrogen-bond donors (Lipinski definition) is 3. The fourth-order valence-corrected chi connectivity index (χ4v) is 5.04. The number of rotatable bonds is 7. The number of nitrogens with one attached hydrogen (secondary N) is 3. The Hall–Kier alpha value is -4.24. The summed E-state index contributed by atoms with van der Waals surface area (Å²) in [5.41, 5.74) is 2.62. The highest BCUT2D eigenvalue weighted by molar-refractivity contribution is 7.90. The molecule has 3 heterocycles. The number of likely N-dealkylation sites (tertiary alicyclic amines) is 1. The van der Waals surface area contributed by atoms with Gasteiger partial charge >= 0.3 is 6.03 Å². The van der Waals surface area contributed by atoms with E-state index in [0.29, 0.717) is 35.9 Å². The molecular weight excluding hydrogens is 523 g/mol. The lowest BCUT2D eigenvalue weighted by Gasteiger charge is -2.35. The summed E-state index contributed by atoms with van der Waals surface area (Å²) < 4.78 is 45.5. The van der Waals surface area contributed by atoms with Crippen LogP contribution in [0.3, 0.4) is 0 Å². The van der Waals surface area contributed by atoms with Gasteiger partial charge in [0.1, 0.15) is 23.4 Å². The van der Waals surface area contributed by atoms with Gasteiger partial charge in [0.15, 0.2) is 9.84 Å². The lowest BCUT2D eigenvalue weighted by molar-refractivity contribution is 0.136. The lowest BCUT2D eigenvalue weighted by atomic mass is 10.0. The van der Waals surface area contributed by atoms with Gasteiger partial charge in [0.25, 0.3) is 0 Å². The summed E-state index contributed by atoms with van der Waals surface area (Å²) in [5.74, 6) is 7.09. The molecule has 12 heteroatoms. The Morgan fingerprint density at radius 1 is 1.33 bits per heavy atom. The first-order valence-corrected chi connectivity index (χ1v) is 14.2. The fourth-order valence-electron chi connectivity index (χ4n) is 4.41. The van der Waals surface area contributed by atoms with Crippen LogP contribution in [0.1, 0.15) is 17.7 Å². The van der Waals surface area contributed by atoms with E-state index in [9.17, 15) is 17.6 Å². The zero-order chi connectivity index (χ0) is 28.2. The third-order valence-corrected chi connectivity index (χ3v) is 7.56. The maximum atomic E-state index is 14.9. The van der Waals surface area contributed by atoms with Crippen LogP contribution < -0.4 is 20.7 Å². The van der Waals surface area contributed by atoms with E-state index in [4.69, 9.17) is 4.74 Å². The summed E-state index contributed by atoms with van der Waals surface area (Å²) in [6.07, 6.45) is 2.03. The number of halogens is 1. The molecule has 2 atom stereocenters. The molecule has 206 valence electrons. The molecule has 1 aromatic carbocycles. The Morgan fingerprint density at radius 3 is 2.79 bits per heavy atom. The second kappa shape index (κ2) is 11.7. The maximum Gasteiger partial charge on any atom is 0.317 e. The van der Waals surface area contributed by atoms with Gasteiger partial charge in [-0.15, -0.1) is 0 Å². The van der Waals surface area contributed by atoms with Crippen LogP contribution in [0.2, 0.25) is 0 Å². The monoisotopic (exact) mass is 554 g/mol. The molecule has 0 radical (unpaired) electrons. The number of urea groups is 1. The summed E-state index contributed by atoms with van der Waals surface area (Å²) in [4.78, 5) is 13.5. The Balaban J connectivity index is 1.51. The summed E-state index contributed by atoms with van der Waals surface area (Å²) in [6.45, 7) is 4.60. The first-order chi connectivity index (χ1) is 18.7. The largest absolute Gasteiger partial charge is 0.495 e. The number of pyridine rings is 1. The highest BCUT2D eigenvalue weighted by Gasteiger charge is 2.31. The average Bonchev–Trinajstić information content (AvgIpc) is 3.29. The van der Waals surface area contributed by atoms with Crippen LogP contribution in [0.5, 0.6) is 5.75 Å². The van der Waals surface area contributed by atoms with Crippen LogP contribution in [0.25, 0.3) is 11.6 Å². The molecule has 39 heavy (non-hydrogen) atoms. The zero-order valence-electron chi connectivity index (χ0n) is 22.0. The Labute approximate surface area is 227 Å². The number of nitrogens with zero attached hydrogens (tertiary/aromatic N) is 3. The highest BCUT2D eigenvalue weighted by Crippen LogP contribution is 2.28. The Morgan fingerprint density at radius 2 is 2.13 bits per heavy atom. The molecule has 4 rings (SSSR count). The van der Waals surface area contributed by atoms with E-state index in [-0.39, 0.29) is 24.0 Å². The highest BCUT2D eigenvalue weighted by atomic mass is 32.2. The van der Waals surface area contributed by atoms with Gasteiger partial charge in [-0.2, -0.15) is 5.10 Å². The predicted octanol–water partition coefficient (Wildman–Crippen LogP) is 3.02. The zero-order valence-corrected chi connectivity index (χ0v) is 22.8. The average molecular weight is 555 g/mol. The summed E-state index contributed by atoms with van der Waals surface area (Å²) in [6, 6.07) is 9.38. The van der Waals surface area contributed by atoms with Gasteiger partial charge in [0.05, 0.1) is 42.3 Å². The van der Waals surface area contributed by atoms with Crippen molar-refractivity contribution in [2.75, 3.05) is 50.7 Å². The quantitative estimate of drug-likeness (QED) is 0.385. The SMILES string of the molecule is C=Cc1c(C#CCNc2ccc(S(C)(=O)=O)cc2OC)nn2c(N[C@@H]3CCN(C(=O)NC)C[C@@H]3F)cccc12. The van der Waals surface area contributed by atoms with E-state index in [0.717, 1.165) is 17.3 Å². The molecule has 0 spiro atoms. The standard InChI is InChI=1S/C27H31FN6O4S/c1-5-19-21(8-7-14-30-23-12-11-18(39(4,36)37)16-25(23)38-3)32-34-24(19)9-6-10-26(34)31-22-13-15-33(17-20(22)28)27(35)29-2/h5-6,9-12,16,20,22,30-31H,1,13-15,17H2,2-4H3,(H,29,35)/t20-,22+/m0/s1. The minimum Gasteiger partial charge on any atom is -0.495 e. The minimum absolute atomic E-state index is 0.00975. The van der Waals surface area contributed by atoms with E-state index in [1.54, 1.807) is 16.7 Å².